The van der Waals surface area contributed by atoms with Crippen LogP contribution in [-0.2, 0) is 11.3 Å². The summed E-state index contributed by atoms with van der Waals surface area (Å²) >= 11 is 0. The van der Waals surface area contributed by atoms with E-state index >= 15 is 0 Å². The molecule has 8 nitrogen and oxygen atoms in total. The lowest BCUT2D eigenvalue weighted by Crippen LogP contribution is -2.29. The van der Waals surface area contributed by atoms with Crippen molar-refractivity contribution in [2.24, 2.45) is 0 Å². The quantitative estimate of drug-likeness (QED) is 0.718. The number of nitrogens with zero attached hydrogens (tertiary/aromatic N) is 5. The third-order valence-corrected chi connectivity index (χ3v) is 4.84. The van der Waals surface area contributed by atoms with Crippen molar-refractivity contribution in [2.75, 3.05) is 23.3 Å². The molecule has 0 radical (unpaired) electrons. The first-order valence-electron chi connectivity index (χ1n) is 9.62. The standard InChI is InChI=1S/C21H22N6O2/c1-15-4-11-21(29)27(25-15)14-20(28)22-17-7-5-16(6-8-17)18-9-10-19(24-23-18)26-12-2-3-13-26/h4-11H,2-3,12-14H2,1H3,(H,22,28). The van der Waals surface area contributed by atoms with Crippen molar-refractivity contribution in [3.8, 4) is 11.3 Å². The van der Waals surface area contributed by atoms with Gasteiger partial charge in [-0.05, 0) is 50.1 Å². The number of carbonyl (C=O) groups is 1. The van der Waals surface area contributed by atoms with Gasteiger partial charge in [0.2, 0.25) is 5.91 Å². The summed E-state index contributed by atoms with van der Waals surface area (Å²) in [4.78, 5) is 26.2. The van der Waals surface area contributed by atoms with Crippen LogP contribution in [0.4, 0.5) is 11.5 Å². The van der Waals surface area contributed by atoms with Gasteiger partial charge in [-0.25, -0.2) is 4.68 Å². The number of hydrogen-bond acceptors (Lipinski definition) is 6. The molecule has 0 aliphatic carbocycles. The largest absolute Gasteiger partial charge is 0.355 e. The fourth-order valence-corrected chi connectivity index (χ4v) is 3.32. The van der Waals surface area contributed by atoms with Gasteiger partial charge < -0.3 is 10.2 Å². The Morgan fingerprint density at radius 2 is 1.76 bits per heavy atom. The predicted molar refractivity (Wildman–Crippen MR) is 111 cm³/mol. The van der Waals surface area contributed by atoms with E-state index in [1.165, 1.54) is 18.9 Å². The van der Waals surface area contributed by atoms with Crippen LogP contribution in [0.3, 0.4) is 0 Å². The zero-order valence-electron chi connectivity index (χ0n) is 16.2. The first-order chi connectivity index (χ1) is 14.1. The average Bonchev–Trinajstić information content (AvgIpc) is 3.26. The monoisotopic (exact) mass is 390 g/mol. The number of rotatable bonds is 5. The second-order valence-electron chi connectivity index (χ2n) is 7.07. The Morgan fingerprint density at radius 3 is 2.45 bits per heavy atom. The van der Waals surface area contributed by atoms with E-state index in [1.54, 1.807) is 25.1 Å². The van der Waals surface area contributed by atoms with Crippen LogP contribution in [0.25, 0.3) is 11.3 Å². The Balaban J connectivity index is 1.40. The number of amides is 1. The number of anilines is 2. The van der Waals surface area contributed by atoms with Gasteiger partial charge in [-0.2, -0.15) is 5.10 Å². The summed E-state index contributed by atoms with van der Waals surface area (Å²) in [7, 11) is 0. The molecule has 1 amide bonds. The zero-order chi connectivity index (χ0) is 20.2. The molecule has 1 aromatic carbocycles. The lowest BCUT2D eigenvalue weighted by atomic mass is 10.1. The van der Waals surface area contributed by atoms with Gasteiger partial charge in [-0.1, -0.05) is 12.1 Å². The van der Waals surface area contributed by atoms with Gasteiger partial charge in [-0.15, -0.1) is 10.2 Å². The molecule has 1 aliphatic heterocycles. The maximum Gasteiger partial charge on any atom is 0.267 e. The third kappa shape index (κ3) is 4.48. The summed E-state index contributed by atoms with van der Waals surface area (Å²) in [6, 6.07) is 14.3. The molecule has 3 heterocycles. The van der Waals surface area contributed by atoms with Crippen LogP contribution < -0.4 is 15.8 Å². The van der Waals surface area contributed by atoms with Crippen LogP contribution in [0.5, 0.6) is 0 Å². The summed E-state index contributed by atoms with van der Waals surface area (Å²) < 4.78 is 1.15. The molecule has 0 saturated carbocycles. The predicted octanol–water partition coefficient (Wildman–Crippen LogP) is 2.25. The molecule has 1 saturated heterocycles. The van der Waals surface area contributed by atoms with Gasteiger partial charge in [0, 0.05) is 30.4 Å². The van der Waals surface area contributed by atoms with Crippen molar-refractivity contribution in [1.82, 2.24) is 20.0 Å². The van der Waals surface area contributed by atoms with E-state index in [2.05, 4.69) is 25.5 Å². The first-order valence-corrected chi connectivity index (χ1v) is 9.62. The summed E-state index contributed by atoms with van der Waals surface area (Å²) in [5.41, 5.74) is 2.71. The highest BCUT2D eigenvalue weighted by Crippen LogP contribution is 2.22. The summed E-state index contributed by atoms with van der Waals surface area (Å²) in [6.45, 7) is 3.71. The molecule has 1 aliphatic rings. The molecule has 0 atom stereocenters. The Morgan fingerprint density at radius 1 is 1.00 bits per heavy atom. The van der Waals surface area contributed by atoms with Crippen molar-refractivity contribution >= 4 is 17.4 Å². The topological polar surface area (TPSA) is 93.0 Å². The molecule has 148 valence electrons. The molecule has 29 heavy (non-hydrogen) atoms. The third-order valence-electron chi connectivity index (χ3n) is 4.84. The lowest BCUT2D eigenvalue weighted by Gasteiger charge is -2.15. The number of nitrogens with one attached hydrogen (secondary N) is 1. The van der Waals surface area contributed by atoms with E-state index in [-0.39, 0.29) is 18.0 Å². The van der Waals surface area contributed by atoms with Crippen LogP contribution in [0.15, 0.2) is 53.3 Å². The fourth-order valence-electron chi connectivity index (χ4n) is 3.32. The molecule has 4 rings (SSSR count). The van der Waals surface area contributed by atoms with E-state index in [0.29, 0.717) is 11.4 Å². The molecule has 8 heteroatoms. The van der Waals surface area contributed by atoms with Crippen LogP contribution in [0, 0.1) is 6.92 Å². The highest BCUT2D eigenvalue weighted by Gasteiger charge is 2.14. The molecule has 1 fully saturated rings. The molecule has 2 aromatic heterocycles. The minimum atomic E-state index is -0.312. The maximum atomic E-state index is 12.2. The number of benzene rings is 1. The minimum Gasteiger partial charge on any atom is -0.355 e. The van der Waals surface area contributed by atoms with Crippen molar-refractivity contribution in [3.63, 3.8) is 0 Å². The van der Waals surface area contributed by atoms with E-state index in [4.69, 9.17) is 0 Å². The molecule has 0 bridgehead atoms. The molecular weight excluding hydrogens is 368 g/mol. The number of hydrogen-bond donors (Lipinski definition) is 1. The van der Waals surface area contributed by atoms with Gasteiger partial charge in [0.25, 0.3) is 5.56 Å². The van der Waals surface area contributed by atoms with Gasteiger partial charge >= 0.3 is 0 Å². The molecule has 3 aromatic rings. The van der Waals surface area contributed by atoms with Gasteiger partial charge in [-0.3, -0.25) is 9.59 Å². The number of aryl methyl sites for hydroxylation is 1. The van der Waals surface area contributed by atoms with E-state index in [0.717, 1.165) is 34.8 Å². The Hall–Kier alpha value is -3.55. The highest BCUT2D eigenvalue weighted by atomic mass is 16.2. The molecule has 1 N–H and O–H groups in total. The Labute approximate surface area is 168 Å². The SMILES string of the molecule is Cc1ccc(=O)n(CC(=O)Nc2ccc(-c3ccc(N4CCCC4)nn3)cc2)n1. The smallest absolute Gasteiger partial charge is 0.267 e. The minimum absolute atomic E-state index is 0.133. The van der Waals surface area contributed by atoms with Crippen LogP contribution in [0.2, 0.25) is 0 Å². The molecule has 0 spiro atoms. The van der Waals surface area contributed by atoms with Gasteiger partial charge in [0.15, 0.2) is 5.82 Å². The normalized spacial score (nSPS) is 13.5. The van der Waals surface area contributed by atoms with E-state index in [9.17, 15) is 9.59 Å². The second-order valence-corrected chi connectivity index (χ2v) is 7.07. The number of carbonyl (C=O) groups excluding carboxylic acids is 1. The van der Waals surface area contributed by atoms with Crippen LogP contribution >= 0.6 is 0 Å². The van der Waals surface area contributed by atoms with Crippen molar-refractivity contribution in [2.45, 2.75) is 26.3 Å². The first kappa shape index (κ1) is 18.8. The fraction of sp³-hybridized carbons (Fsp3) is 0.286. The van der Waals surface area contributed by atoms with Gasteiger partial charge in [0.1, 0.15) is 6.54 Å². The van der Waals surface area contributed by atoms with Crippen LogP contribution in [-0.4, -0.2) is 39.0 Å². The highest BCUT2D eigenvalue weighted by molar-refractivity contribution is 5.90. The summed E-state index contributed by atoms with van der Waals surface area (Å²) in [6.07, 6.45) is 2.40. The van der Waals surface area contributed by atoms with Crippen molar-refractivity contribution in [1.29, 1.82) is 0 Å². The maximum absolute atomic E-state index is 12.2. The zero-order valence-corrected chi connectivity index (χ0v) is 16.2. The van der Waals surface area contributed by atoms with E-state index < -0.39 is 0 Å². The van der Waals surface area contributed by atoms with Gasteiger partial charge in [0.05, 0.1) is 11.4 Å². The second kappa shape index (κ2) is 8.22. The summed E-state index contributed by atoms with van der Waals surface area (Å²) in [5, 5.41) is 15.5. The van der Waals surface area contributed by atoms with Crippen molar-refractivity contribution in [3.05, 3.63) is 64.6 Å². The van der Waals surface area contributed by atoms with E-state index in [1.807, 2.05) is 24.3 Å². The Bertz CT molecular complexity index is 1050. The molecular formula is C21H22N6O2. The van der Waals surface area contributed by atoms with Crippen LogP contribution in [0.1, 0.15) is 18.5 Å². The summed E-state index contributed by atoms with van der Waals surface area (Å²) in [5.74, 6) is 0.600. The average molecular weight is 390 g/mol. The van der Waals surface area contributed by atoms with Crippen molar-refractivity contribution < 1.29 is 4.79 Å². The Kier molecular flexibility index (Phi) is 5.33. The lowest BCUT2D eigenvalue weighted by molar-refractivity contribution is -0.117. The molecule has 0 unspecified atom stereocenters. The number of aromatic nitrogens is 4.